The Balaban J connectivity index is 1.66. The largest absolute Gasteiger partial charge is 0.322 e. The second-order valence-electron chi connectivity index (χ2n) is 5.48. The van der Waals surface area contributed by atoms with E-state index in [1.165, 1.54) is 6.07 Å². The van der Waals surface area contributed by atoms with Gasteiger partial charge in [0.2, 0.25) is 0 Å². The average molecular weight is 385 g/mol. The first-order valence-electron chi connectivity index (χ1n) is 7.76. The zero-order valence-corrected chi connectivity index (χ0v) is 15.0. The lowest BCUT2D eigenvalue weighted by Gasteiger charge is -2.09. The first kappa shape index (κ1) is 18.0. The van der Waals surface area contributed by atoms with Gasteiger partial charge in [0.05, 0.1) is 10.6 Å². The quantitative estimate of drug-likeness (QED) is 0.623. The van der Waals surface area contributed by atoms with Crippen LogP contribution in [0.5, 0.6) is 0 Å². The second kappa shape index (κ2) is 8.04. The summed E-state index contributed by atoms with van der Waals surface area (Å²) in [6, 6.07) is 20.4. The Morgan fingerprint density at radius 3 is 1.85 bits per heavy atom. The van der Waals surface area contributed by atoms with Crippen LogP contribution in [0.4, 0.5) is 11.4 Å². The Labute approximate surface area is 160 Å². The number of amides is 2. The molecular weight excluding hydrogens is 371 g/mol. The molecule has 6 heteroatoms. The fraction of sp³-hybridized carbons (Fsp3) is 0. The van der Waals surface area contributed by atoms with Gasteiger partial charge >= 0.3 is 0 Å². The van der Waals surface area contributed by atoms with Gasteiger partial charge in [0, 0.05) is 22.0 Å². The van der Waals surface area contributed by atoms with E-state index in [-0.39, 0.29) is 16.8 Å². The molecule has 26 heavy (non-hydrogen) atoms. The molecule has 0 aliphatic heterocycles. The highest BCUT2D eigenvalue weighted by Crippen LogP contribution is 2.22. The summed E-state index contributed by atoms with van der Waals surface area (Å²) in [4.78, 5) is 24.4. The Bertz CT molecular complexity index is 942. The number of rotatable bonds is 4. The van der Waals surface area contributed by atoms with Gasteiger partial charge < -0.3 is 10.6 Å². The Kier molecular flexibility index (Phi) is 5.56. The molecule has 0 saturated carbocycles. The Morgan fingerprint density at radius 1 is 0.692 bits per heavy atom. The molecule has 0 aromatic heterocycles. The molecule has 3 rings (SSSR count). The van der Waals surface area contributed by atoms with E-state index >= 15 is 0 Å². The molecule has 0 saturated heterocycles. The standard InChI is InChI=1S/C20H14Cl2N2O2/c21-14-6-11-17(18(22)12-14)20(26)24-16-9-7-15(8-10-16)23-19(25)13-4-2-1-3-5-13/h1-12H,(H,23,25)(H,24,26). The van der Waals surface area contributed by atoms with Gasteiger partial charge in [-0.25, -0.2) is 0 Å². The first-order chi connectivity index (χ1) is 12.5. The summed E-state index contributed by atoms with van der Waals surface area (Å²) in [5, 5.41) is 6.29. The van der Waals surface area contributed by atoms with Crippen LogP contribution in [0.25, 0.3) is 0 Å². The zero-order valence-electron chi connectivity index (χ0n) is 13.5. The van der Waals surface area contributed by atoms with E-state index in [0.29, 0.717) is 27.5 Å². The van der Waals surface area contributed by atoms with Crippen molar-refractivity contribution in [1.82, 2.24) is 0 Å². The van der Waals surface area contributed by atoms with E-state index in [1.54, 1.807) is 60.7 Å². The molecule has 3 aromatic rings. The number of hydrogen-bond donors (Lipinski definition) is 2. The van der Waals surface area contributed by atoms with Crippen LogP contribution in [0.3, 0.4) is 0 Å². The minimum Gasteiger partial charge on any atom is -0.322 e. The third kappa shape index (κ3) is 4.42. The highest BCUT2D eigenvalue weighted by molar-refractivity contribution is 6.37. The van der Waals surface area contributed by atoms with Crippen LogP contribution in [0.1, 0.15) is 20.7 Å². The summed E-state index contributed by atoms with van der Waals surface area (Å²) in [6.45, 7) is 0. The summed E-state index contributed by atoms with van der Waals surface area (Å²) in [5.74, 6) is -0.539. The van der Waals surface area contributed by atoms with Gasteiger partial charge in [0.1, 0.15) is 0 Å². The summed E-state index contributed by atoms with van der Waals surface area (Å²) >= 11 is 11.9. The molecule has 2 amide bonds. The van der Waals surface area contributed by atoms with E-state index < -0.39 is 0 Å². The third-order valence-electron chi connectivity index (χ3n) is 3.61. The molecule has 0 fully saturated rings. The molecule has 0 heterocycles. The van der Waals surface area contributed by atoms with Gasteiger partial charge in [0.25, 0.3) is 11.8 Å². The van der Waals surface area contributed by atoms with E-state index in [0.717, 1.165) is 0 Å². The van der Waals surface area contributed by atoms with Crippen molar-refractivity contribution in [2.45, 2.75) is 0 Å². The molecule has 0 radical (unpaired) electrons. The molecule has 0 spiro atoms. The van der Waals surface area contributed by atoms with E-state index in [1.807, 2.05) is 6.07 Å². The predicted molar refractivity (Wildman–Crippen MR) is 105 cm³/mol. The first-order valence-corrected chi connectivity index (χ1v) is 8.51. The third-order valence-corrected chi connectivity index (χ3v) is 4.16. The van der Waals surface area contributed by atoms with Crippen molar-refractivity contribution in [2.24, 2.45) is 0 Å². The van der Waals surface area contributed by atoms with Crippen molar-refractivity contribution >= 4 is 46.4 Å². The molecule has 0 aliphatic rings. The van der Waals surface area contributed by atoms with Crippen molar-refractivity contribution in [2.75, 3.05) is 10.6 Å². The number of benzene rings is 3. The van der Waals surface area contributed by atoms with Gasteiger partial charge in [-0.3, -0.25) is 9.59 Å². The van der Waals surface area contributed by atoms with Crippen molar-refractivity contribution in [3.8, 4) is 0 Å². The monoisotopic (exact) mass is 384 g/mol. The summed E-state index contributed by atoms with van der Waals surface area (Å²) in [7, 11) is 0. The van der Waals surface area contributed by atoms with Crippen LogP contribution in [0.15, 0.2) is 72.8 Å². The predicted octanol–water partition coefficient (Wildman–Crippen LogP) is 5.50. The number of nitrogens with one attached hydrogen (secondary N) is 2. The molecule has 0 unspecified atom stereocenters. The van der Waals surface area contributed by atoms with Crippen molar-refractivity contribution in [1.29, 1.82) is 0 Å². The van der Waals surface area contributed by atoms with Crippen molar-refractivity contribution < 1.29 is 9.59 Å². The van der Waals surface area contributed by atoms with E-state index in [9.17, 15) is 9.59 Å². The molecule has 4 nitrogen and oxygen atoms in total. The van der Waals surface area contributed by atoms with Gasteiger partial charge in [0.15, 0.2) is 0 Å². The van der Waals surface area contributed by atoms with E-state index in [2.05, 4.69) is 10.6 Å². The molecule has 0 aliphatic carbocycles. The zero-order chi connectivity index (χ0) is 18.5. The van der Waals surface area contributed by atoms with E-state index in [4.69, 9.17) is 23.2 Å². The van der Waals surface area contributed by atoms with Gasteiger partial charge in [-0.05, 0) is 54.6 Å². The molecule has 0 bridgehead atoms. The van der Waals surface area contributed by atoms with Crippen molar-refractivity contribution in [3.05, 3.63) is 94.0 Å². The minimum atomic E-state index is -0.340. The number of carbonyl (C=O) groups is 2. The van der Waals surface area contributed by atoms with Crippen LogP contribution in [0, 0.1) is 0 Å². The molecular formula is C20H14Cl2N2O2. The lowest BCUT2D eigenvalue weighted by atomic mass is 10.2. The summed E-state index contributed by atoms with van der Waals surface area (Å²) < 4.78 is 0. The average Bonchev–Trinajstić information content (AvgIpc) is 2.64. The molecule has 3 aromatic carbocycles. The normalized spacial score (nSPS) is 10.2. The lowest BCUT2D eigenvalue weighted by molar-refractivity contribution is 0.101. The lowest BCUT2D eigenvalue weighted by Crippen LogP contribution is -2.13. The fourth-order valence-corrected chi connectivity index (χ4v) is 2.80. The fourth-order valence-electron chi connectivity index (χ4n) is 2.30. The molecule has 2 N–H and O–H groups in total. The molecule has 0 atom stereocenters. The van der Waals surface area contributed by atoms with Crippen LogP contribution < -0.4 is 10.6 Å². The van der Waals surface area contributed by atoms with Gasteiger partial charge in [-0.2, -0.15) is 0 Å². The Hall–Kier alpha value is -2.82. The summed E-state index contributed by atoms with van der Waals surface area (Å²) in [5.41, 5.74) is 2.11. The highest BCUT2D eigenvalue weighted by Gasteiger charge is 2.11. The number of carbonyl (C=O) groups excluding carboxylic acids is 2. The SMILES string of the molecule is O=C(Nc1ccc(NC(=O)c2ccc(Cl)cc2Cl)cc1)c1ccccc1. The van der Waals surface area contributed by atoms with Crippen LogP contribution in [-0.4, -0.2) is 11.8 Å². The molecule has 130 valence electrons. The topological polar surface area (TPSA) is 58.2 Å². The van der Waals surface area contributed by atoms with Crippen LogP contribution >= 0.6 is 23.2 Å². The van der Waals surface area contributed by atoms with Gasteiger partial charge in [-0.15, -0.1) is 0 Å². The number of halogens is 2. The van der Waals surface area contributed by atoms with Crippen LogP contribution in [0.2, 0.25) is 10.0 Å². The van der Waals surface area contributed by atoms with Crippen LogP contribution in [-0.2, 0) is 0 Å². The maximum Gasteiger partial charge on any atom is 0.257 e. The summed E-state index contributed by atoms with van der Waals surface area (Å²) in [6.07, 6.45) is 0. The number of hydrogen-bond acceptors (Lipinski definition) is 2. The second-order valence-corrected chi connectivity index (χ2v) is 6.32. The highest BCUT2D eigenvalue weighted by atomic mass is 35.5. The smallest absolute Gasteiger partial charge is 0.257 e. The Morgan fingerprint density at radius 2 is 1.27 bits per heavy atom. The minimum absolute atomic E-state index is 0.199. The number of anilines is 2. The maximum atomic E-state index is 12.3. The maximum absolute atomic E-state index is 12.3. The van der Waals surface area contributed by atoms with Gasteiger partial charge in [-0.1, -0.05) is 41.4 Å². The van der Waals surface area contributed by atoms with Crippen molar-refractivity contribution in [3.63, 3.8) is 0 Å².